The summed E-state index contributed by atoms with van der Waals surface area (Å²) < 4.78 is 93.5. The molecular formula is C56H96N8O36S8Si8. The first kappa shape index (κ1) is 102. The van der Waals surface area contributed by atoms with Gasteiger partial charge >= 0.3 is 118 Å². The van der Waals surface area contributed by atoms with Crippen LogP contribution in [-0.4, -0.2) is 347 Å². The second-order valence-corrected chi connectivity index (χ2v) is 59.9. The van der Waals surface area contributed by atoms with Crippen LogP contribution >= 0.6 is 94.1 Å². The largest absolute Gasteiger partial charge is 0.480 e. The van der Waals surface area contributed by atoms with E-state index in [-0.39, 0.29) is 92.0 Å². The first-order valence-corrected chi connectivity index (χ1v) is 60.0. The number of thioether (sulfide) groups is 8. The van der Waals surface area contributed by atoms with Crippen molar-refractivity contribution in [3.8, 4) is 0 Å². The van der Waals surface area contributed by atoms with Crippen LogP contribution in [0.2, 0.25) is 48.4 Å². The van der Waals surface area contributed by atoms with Crippen molar-refractivity contribution >= 4 is 260 Å². The number of amides is 8. The first-order chi connectivity index (χ1) is 54.3. The molecule has 6 rings (SSSR count). The summed E-state index contributed by atoms with van der Waals surface area (Å²) in [6.45, 7) is 8.69. The van der Waals surface area contributed by atoms with Crippen LogP contribution in [0.4, 0.5) is 0 Å². The van der Waals surface area contributed by atoms with E-state index in [2.05, 4.69) is 42.5 Å². The van der Waals surface area contributed by atoms with Gasteiger partial charge in [-0.15, -0.1) is 0 Å². The maximum atomic E-state index is 12.8. The SMILES string of the molecule is CC(=O)NC(CSCC[Si]12O[Si]3(CCSCC(NC(C)=O)C(=O)O)O[Si]4(CCSCC(NC(C)=O)C(=O)O)O[Si](CCSCC(NC(C)=O)C(=O)O)(O1)O[Si]1(CCSCC(NC(C)=O)C(=O)O)O[Si](CCSCC(NC(C)=O)C(=O)O)(O2)O[Si](CCSCC(NC(C)=O)C(=O)O)(O3)O[Si](CCSCC(NC(C)=O)C(=O)O)(O4)O1)C(=O)O. The highest BCUT2D eigenvalue weighted by molar-refractivity contribution is 8.01. The quantitative estimate of drug-likeness (QED) is 0.0239. The van der Waals surface area contributed by atoms with E-state index in [0.717, 1.165) is 149 Å². The molecule has 8 unspecified atom stereocenters. The lowest BCUT2D eigenvalue weighted by atomic mass is 10.3. The van der Waals surface area contributed by atoms with Crippen molar-refractivity contribution in [2.45, 2.75) is 152 Å². The van der Waals surface area contributed by atoms with Crippen LogP contribution in [0, 0.1) is 0 Å². The van der Waals surface area contributed by atoms with Gasteiger partial charge in [-0.2, -0.15) is 94.1 Å². The Balaban J connectivity index is 2.07. The summed E-state index contributed by atoms with van der Waals surface area (Å²) in [5.41, 5.74) is 0. The zero-order chi connectivity index (χ0) is 86.6. The molecule has 0 aliphatic carbocycles. The Labute approximate surface area is 707 Å². The molecule has 0 radical (unpaired) electrons. The van der Waals surface area contributed by atoms with Crippen LogP contribution in [0.25, 0.3) is 0 Å². The van der Waals surface area contributed by atoms with E-state index in [9.17, 15) is 118 Å². The smallest absolute Gasteiger partial charge is 0.479 e. The molecule has 0 saturated carbocycles. The van der Waals surface area contributed by atoms with Gasteiger partial charge in [-0.3, -0.25) is 38.4 Å². The second-order valence-electron chi connectivity index (χ2n) is 26.0. The Morgan fingerprint density at radius 3 is 0.353 bits per heavy atom. The predicted octanol–water partition coefficient (Wildman–Crippen LogP) is -1.66. The average molecular weight is 1940 g/mol. The fourth-order valence-electron chi connectivity index (χ4n) is 11.1. The number of carbonyl (C=O) groups excluding carboxylic acids is 8. The molecular weight excluding hydrogens is 1840 g/mol. The molecule has 8 atom stereocenters. The molecule has 44 nitrogen and oxygen atoms in total. The van der Waals surface area contributed by atoms with Gasteiger partial charge in [0.1, 0.15) is 48.3 Å². The van der Waals surface area contributed by atoms with E-state index in [1.807, 2.05) is 0 Å². The number of carboxylic acids is 8. The Kier molecular flexibility index (Phi) is 41.6. The molecule has 60 heteroatoms. The van der Waals surface area contributed by atoms with E-state index in [4.69, 9.17) is 49.4 Å². The third kappa shape index (κ3) is 33.8. The Morgan fingerprint density at radius 1 is 0.198 bits per heavy atom. The molecule has 0 spiro atoms. The maximum Gasteiger partial charge on any atom is 0.479 e. The molecule has 8 bridgehead atoms. The van der Waals surface area contributed by atoms with Gasteiger partial charge in [-0.05, 0) is 46.0 Å². The Hall–Kier alpha value is -4.42. The summed E-state index contributed by atoms with van der Waals surface area (Å²) in [5.74, 6) is -22.5. The van der Waals surface area contributed by atoms with Crippen molar-refractivity contribution < 1.29 is 167 Å². The molecule has 116 heavy (non-hydrogen) atoms. The van der Waals surface area contributed by atoms with Crippen molar-refractivity contribution in [1.82, 2.24) is 42.5 Å². The van der Waals surface area contributed by atoms with Gasteiger partial charge in [0.2, 0.25) is 47.3 Å². The van der Waals surface area contributed by atoms with E-state index in [0.29, 0.717) is 0 Å². The summed E-state index contributed by atoms with van der Waals surface area (Å²) >= 11 is 7.36. The lowest BCUT2D eigenvalue weighted by Gasteiger charge is -2.63. The third-order valence-electron chi connectivity index (χ3n) is 15.8. The number of hydrogen-bond donors (Lipinski definition) is 16. The molecule has 656 valence electrons. The molecule has 6 saturated heterocycles. The van der Waals surface area contributed by atoms with Gasteiger partial charge in [0.15, 0.2) is 0 Å². The lowest BCUT2D eigenvalue weighted by molar-refractivity contribution is -0.141. The molecule has 8 amide bonds. The van der Waals surface area contributed by atoms with Crippen LogP contribution in [0.1, 0.15) is 55.4 Å². The minimum absolute atomic E-state index is 0.269. The molecule has 0 aromatic heterocycles. The minimum atomic E-state index is -5.39. The number of hydrogen-bond acceptors (Lipinski definition) is 36. The lowest BCUT2D eigenvalue weighted by Crippen LogP contribution is -2.88. The van der Waals surface area contributed by atoms with E-state index >= 15 is 0 Å². The fourth-order valence-corrected chi connectivity index (χ4v) is 74.3. The second kappa shape index (κ2) is 47.3. The first-order valence-electron chi connectivity index (χ1n) is 35.3. The molecule has 6 heterocycles. The number of rotatable bonds is 56. The van der Waals surface area contributed by atoms with Crippen molar-refractivity contribution in [2.75, 3.05) is 92.0 Å². The molecule has 6 fully saturated rings. The van der Waals surface area contributed by atoms with E-state index in [1.54, 1.807) is 0 Å². The van der Waals surface area contributed by atoms with Crippen LogP contribution in [0.15, 0.2) is 0 Å². The maximum absolute atomic E-state index is 12.8. The molecule has 0 aromatic rings. The zero-order valence-electron chi connectivity index (χ0n) is 63.9. The summed E-state index contributed by atoms with van der Waals surface area (Å²) in [6, 6.07) is -16.4. The molecule has 16 N–H and O–H groups in total. The number of aliphatic carboxylic acids is 8. The topological polar surface area (TPSA) is 642 Å². The van der Waals surface area contributed by atoms with Crippen molar-refractivity contribution in [3.63, 3.8) is 0 Å². The fraction of sp³-hybridized carbons (Fsp3) is 0.714. The summed E-state index contributed by atoms with van der Waals surface area (Å²) in [6.07, 6.45) is 0. The van der Waals surface area contributed by atoms with Crippen LogP contribution in [0.3, 0.4) is 0 Å². The summed E-state index contributed by atoms with van der Waals surface area (Å²) in [7, 11) is -43.1. The zero-order valence-corrected chi connectivity index (χ0v) is 78.4. The highest BCUT2D eigenvalue weighted by Gasteiger charge is 2.83. The van der Waals surface area contributed by atoms with E-state index in [1.165, 1.54) is 0 Å². The predicted molar refractivity (Wildman–Crippen MR) is 438 cm³/mol. The normalized spacial score (nSPS) is 26.4. The molecule has 6 aliphatic heterocycles. The minimum Gasteiger partial charge on any atom is -0.480 e. The van der Waals surface area contributed by atoms with Gasteiger partial charge in [0, 0.05) is 150 Å². The van der Waals surface area contributed by atoms with Crippen LogP contribution in [0.5, 0.6) is 0 Å². The molecule has 6 aliphatic rings. The van der Waals surface area contributed by atoms with Crippen LogP contribution in [-0.2, 0) is 126 Å². The summed E-state index contributed by atoms with van der Waals surface area (Å²) in [5, 5.41) is 102. The van der Waals surface area contributed by atoms with Gasteiger partial charge < -0.3 is 133 Å². The number of nitrogens with one attached hydrogen (secondary N) is 8. The van der Waals surface area contributed by atoms with Gasteiger partial charge in [0.25, 0.3) is 0 Å². The van der Waals surface area contributed by atoms with Crippen molar-refractivity contribution in [2.24, 2.45) is 0 Å². The van der Waals surface area contributed by atoms with E-state index < -0.39 is 262 Å². The average Bonchev–Trinajstić information content (AvgIpc) is 0.686. The van der Waals surface area contributed by atoms with Gasteiger partial charge in [0.05, 0.1) is 0 Å². The number of carbonyl (C=O) groups is 16. The Morgan fingerprint density at radius 2 is 0.284 bits per heavy atom. The highest BCUT2D eigenvalue weighted by atomic mass is 32.2. The van der Waals surface area contributed by atoms with Crippen molar-refractivity contribution in [1.29, 1.82) is 0 Å². The molecule has 0 aromatic carbocycles. The van der Waals surface area contributed by atoms with Crippen LogP contribution < -0.4 is 42.5 Å². The summed E-state index contributed by atoms with van der Waals surface area (Å²) in [4.78, 5) is 202. The Bertz CT molecular complexity index is 2830. The highest BCUT2D eigenvalue weighted by Crippen LogP contribution is 2.55. The van der Waals surface area contributed by atoms with Gasteiger partial charge in [-0.25, -0.2) is 38.4 Å². The third-order valence-corrected chi connectivity index (χ3v) is 64.0. The van der Waals surface area contributed by atoms with Gasteiger partial charge in [-0.1, -0.05) is 0 Å². The van der Waals surface area contributed by atoms with Crippen molar-refractivity contribution in [3.05, 3.63) is 0 Å². The monoisotopic (exact) mass is 1940 g/mol. The standard InChI is InChI=1S/C56H96N8O36S8Si8/c1-33(65)57-41(49(73)74)25-101-9-17-109-89-110(18-10-102-26-42(50(75)76)58-34(2)66)92-113(21-13-105-29-45(53(81)82)61-37(5)69)94-111(90-109,19-11-103-27-43(51(77)78)59-35(3)67)96-115(23-15-107-31-47(55(85)86)63-39(7)71)97-112(91-109,20-12-104-28-44(52(79)80)60-36(4)68)95-114(93-110,22-14-106-30-46(54(83)84)62-38(6)70)99-116(98-113,100-115)24-16-108-32-48(56(87)88)64-40(8)72/h41-48H,9-32H2,1-8H3,(H,57,65)(H,58,66)(H,59,67)(H,60,68)(H,61,69)(H,62,70)(H,63,71)(H,64,72)(H,73,74)(H,75,76)(H,77,78)(H,79,80)(H,81,82)(H,83,84)(H,85,86)(H,87,88). The number of carboxylic acid groups (broad SMARTS) is 8.